The van der Waals surface area contributed by atoms with Crippen molar-refractivity contribution in [3.63, 3.8) is 0 Å². The van der Waals surface area contributed by atoms with Gasteiger partial charge in [0.25, 0.3) is 0 Å². The number of esters is 1. The van der Waals surface area contributed by atoms with E-state index in [0.29, 0.717) is 5.69 Å². The van der Waals surface area contributed by atoms with Gasteiger partial charge in [-0.15, -0.1) is 0 Å². The smallest absolute Gasteiger partial charge is 0.356 e. The van der Waals surface area contributed by atoms with E-state index in [9.17, 15) is 4.79 Å². The molecule has 4 heteroatoms. The Morgan fingerprint density at radius 1 is 1.60 bits per heavy atom. The average Bonchev–Trinajstić information content (AvgIpc) is 2.74. The number of ether oxygens (including phenoxy) is 1. The monoisotopic (exact) mass is 204 g/mol. The summed E-state index contributed by atoms with van der Waals surface area (Å²) in [5.41, 5.74) is 2.18. The highest BCUT2D eigenvalue weighted by molar-refractivity contribution is 5.93. The zero-order valence-corrected chi connectivity index (χ0v) is 8.70. The summed E-state index contributed by atoms with van der Waals surface area (Å²) in [4.78, 5) is 18.7. The van der Waals surface area contributed by atoms with Crippen molar-refractivity contribution in [2.45, 2.75) is 13.3 Å². The van der Waals surface area contributed by atoms with Crippen LogP contribution in [0.3, 0.4) is 0 Å². The van der Waals surface area contributed by atoms with Crippen molar-refractivity contribution in [3.8, 4) is 0 Å². The molecular formula is C11H12N2O2. The van der Waals surface area contributed by atoms with Crippen LogP contribution in [0.25, 0.3) is 10.9 Å². The number of H-pyrrole nitrogens is 1. The molecule has 2 aromatic rings. The number of nitrogens with zero attached hydrogens (tertiary/aromatic N) is 1. The number of carbonyl (C=O) groups is 1. The Hall–Kier alpha value is -1.84. The molecule has 0 amide bonds. The van der Waals surface area contributed by atoms with Gasteiger partial charge < -0.3 is 9.72 Å². The number of fused-ring (bicyclic) bond motifs is 1. The standard InChI is InChI=1S/C11H12N2O2/c1-3-8-7-4-5-12-9(7)6-10(13-8)11(14)15-2/h4-6,12H,3H2,1-2H3. The normalized spacial score (nSPS) is 10.5. The number of hydrogen-bond donors (Lipinski definition) is 1. The van der Waals surface area contributed by atoms with E-state index < -0.39 is 5.97 Å². The number of aromatic nitrogens is 2. The molecule has 0 fully saturated rings. The fourth-order valence-corrected chi connectivity index (χ4v) is 1.61. The van der Waals surface area contributed by atoms with Crippen LogP contribution in [0.5, 0.6) is 0 Å². The Balaban J connectivity index is 2.63. The third-order valence-electron chi connectivity index (χ3n) is 2.36. The highest BCUT2D eigenvalue weighted by Gasteiger charge is 2.11. The summed E-state index contributed by atoms with van der Waals surface area (Å²) < 4.78 is 4.65. The first-order valence-corrected chi connectivity index (χ1v) is 4.81. The first-order chi connectivity index (χ1) is 7.26. The predicted octanol–water partition coefficient (Wildman–Crippen LogP) is 1.91. The van der Waals surface area contributed by atoms with Gasteiger partial charge in [-0.05, 0) is 18.6 Å². The lowest BCUT2D eigenvalue weighted by molar-refractivity contribution is 0.0594. The van der Waals surface area contributed by atoms with Crippen LogP contribution in [-0.2, 0) is 11.2 Å². The molecule has 0 aliphatic heterocycles. The molecule has 0 aliphatic carbocycles. The minimum atomic E-state index is -0.402. The molecule has 0 saturated carbocycles. The SMILES string of the molecule is CCc1nc(C(=O)OC)cc2[nH]ccc12. The zero-order valence-electron chi connectivity index (χ0n) is 8.70. The Labute approximate surface area is 87.3 Å². The number of nitrogens with one attached hydrogen (secondary N) is 1. The molecule has 0 aromatic carbocycles. The second kappa shape index (κ2) is 3.73. The Morgan fingerprint density at radius 2 is 2.40 bits per heavy atom. The summed E-state index contributed by atoms with van der Waals surface area (Å²) in [6, 6.07) is 3.67. The summed E-state index contributed by atoms with van der Waals surface area (Å²) in [5.74, 6) is -0.402. The van der Waals surface area contributed by atoms with Gasteiger partial charge in [-0.3, -0.25) is 0 Å². The second-order valence-electron chi connectivity index (χ2n) is 3.24. The Morgan fingerprint density at radius 3 is 3.07 bits per heavy atom. The molecule has 2 heterocycles. The van der Waals surface area contributed by atoms with Crippen LogP contribution in [0.1, 0.15) is 23.1 Å². The third kappa shape index (κ3) is 1.58. The van der Waals surface area contributed by atoms with Crippen molar-refractivity contribution in [1.29, 1.82) is 0 Å². The van der Waals surface area contributed by atoms with E-state index in [1.165, 1.54) is 7.11 Å². The van der Waals surface area contributed by atoms with Gasteiger partial charge >= 0.3 is 5.97 Å². The highest BCUT2D eigenvalue weighted by Crippen LogP contribution is 2.18. The maximum absolute atomic E-state index is 11.3. The van der Waals surface area contributed by atoms with Gasteiger partial charge in [-0.25, -0.2) is 9.78 Å². The van der Waals surface area contributed by atoms with Gasteiger partial charge in [0, 0.05) is 17.1 Å². The van der Waals surface area contributed by atoms with E-state index in [1.807, 2.05) is 19.2 Å². The minimum Gasteiger partial charge on any atom is -0.464 e. The molecule has 78 valence electrons. The number of methoxy groups -OCH3 is 1. The molecule has 2 aromatic heterocycles. The summed E-state index contributed by atoms with van der Waals surface area (Å²) in [7, 11) is 1.36. The van der Waals surface area contributed by atoms with E-state index >= 15 is 0 Å². The lowest BCUT2D eigenvalue weighted by atomic mass is 10.2. The molecule has 15 heavy (non-hydrogen) atoms. The van der Waals surface area contributed by atoms with E-state index in [-0.39, 0.29) is 0 Å². The van der Waals surface area contributed by atoms with Crippen LogP contribution < -0.4 is 0 Å². The molecule has 0 saturated heterocycles. The van der Waals surface area contributed by atoms with Gasteiger partial charge in [0.05, 0.1) is 12.8 Å². The predicted molar refractivity (Wildman–Crippen MR) is 56.8 cm³/mol. The van der Waals surface area contributed by atoms with Crippen LogP contribution in [0, 0.1) is 0 Å². The van der Waals surface area contributed by atoms with Gasteiger partial charge in [-0.2, -0.15) is 0 Å². The molecule has 0 spiro atoms. The molecule has 0 atom stereocenters. The number of aromatic amines is 1. The van der Waals surface area contributed by atoms with Crippen LogP contribution in [0.4, 0.5) is 0 Å². The minimum absolute atomic E-state index is 0.351. The molecule has 4 nitrogen and oxygen atoms in total. The third-order valence-corrected chi connectivity index (χ3v) is 2.36. The molecular weight excluding hydrogens is 192 g/mol. The van der Waals surface area contributed by atoms with Crippen molar-refractivity contribution < 1.29 is 9.53 Å². The fourth-order valence-electron chi connectivity index (χ4n) is 1.61. The molecule has 0 unspecified atom stereocenters. The van der Waals surface area contributed by atoms with Crippen LogP contribution in [-0.4, -0.2) is 23.0 Å². The zero-order chi connectivity index (χ0) is 10.8. The highest BCUT2D eigenvalue weighted by atomic mass is 16.5. The first kappa shape index (κ1) is 9.71. The summed E-state index contributed by atoms with van der Waals surface area (Å²) >= 11 is 0. The van der Waals surface area contributed by atoms with Crippen molar-refractivity contribution >= 4 is 16.9 Å². The van der Waals surface area contributed by atoms with E-state index in [0.717, 1.165) is 23.0 Å². The van der Waals surface area contributed by atoms with Gasteiger partial charge in [0.15, 0.2) is 5.69 Å². The van der Waals surface area contributed by atoms with Crippen LogP contribution in [0.15, 0.2) is 18.3 Å². The number of carbonyl (C=O) groups excluding carboxylic acids is 1. The second-order valence-corrected chi connectivity index (χ2v) is 3.24. The molecule has 0 radical (unpaired) electrons. The van der Waals surface area contributed by atoms with E-state index in [2.05, 4.69) is 14.7 Å². The lowest BCUT2D eigenvalue weighted by Crippen LogP contribution is -2.06. The molecule has 1 N–H and O–H groups in total. The molecule has 0 aliphatic rings. The maximum atomic E-state index is 11.3. The number of hydrogen-bond acceptors (Lipinski definition) is 3. The molecule has 2 rings (SSSR count). The maximum Gasteiger partial charge on any atom is 0.356 e. The number of pyridine rings is 1. The summed E-state index contributed by atoms with van der Waals surface area (Å²) in [5, 5.41) is 1.06. The largest absolute Gasteiger partial charge is 0.464 e. The summed E-state index contributed by atoms with van der Waals surface area (Å²) in [6.45, 7) is 2.01. The molecule has 0 bridgehead atoms. The van der Waals surface area contributed by atoms with Crippen LogP contribution >= 0.6 is 0 Å². The van der Waals surface area contributed by atoms with Crippen LogP contribution in [0.2, 0.25) is 0 Å². The van der Waals surface area contributed by atoms with Crippen molar-refractivity contribution in [2.24, 2.45) is 0 Å². The average molecular weight is 204 g/mol. The number of aryl methyl sites for hydroxylation is 1. The Bertz CT molecular complexity index is 502. The Kier molecular flexibility index (Phi) is 2.41. The van der Waals surface area contributed by atoms with Gasteiger partial charge in [0.1, 0.15) is 0 Å². The van der Waals surface area contributed by atoms with E-state index in [1.54, 1.807) is 6.07 Å². The lowest BCUT2D eigenvalue weighted by Gasteiger charge is -2.03. The van der Waals surface area contributed by atoms with E-state index in [4.69, 9.17) is 0 Å². The topological polar surface area (TPSA) is 55.0 Å². The fraction of sp³-hybridized carbons (Fsp3) is 0.273. The van der Waals surface area contributed by atoms with Gasteiger partial charge in [-0.1, -0.05) is 6.92 Å². The summed E-state index contributed by atoms with van der Waals surface area (Å²) in [6.07, 6.45) is 2.63. The van der Waals surface area contributed by atoms with Crippen molar-refractivity contribution in [3.05, 3.63) is 29.7 Å². The van der Waals surface area contributed by atoms with Crippen molar-refractivity contribution in [1.82, 2.24) is 9.97 Å². The van der Waals surface area contributed by atoms with Gasteiger partial charge in [0.2, 0.25) is 0 Å². The quantitative estimate of drug-likeness (QED) is 0.760. The number of rotatable bonds is 2. The van der Waals surface area contributed by atoms with Crippen molar-refractivity contribution in [2.75, 3.05) is 7.11 Å². The first-order valence-electron chi connectivity index (χ1n) is 4.81.